The summed E-state index contributed by atoms with van der Waals surface area (Å²) in [7, 11) is 0. The summed E-state index contributed by atoms with van der Waals surface area (Å²) < 4.78 is 79.0. The monoisotopic (exact) mass is 477 g/mol. The predicted octanol–water partition coefficient (Wildman–Crippen LogP) is 5.21. The minimum absolute atomic E-state index is 0.00830. The summed E-state index contributed by atoms with van der Waals surface area (Å²) in [4.78, 5) is 23.1. The summed E-state index contributed by atoms with van der Waals surface area (Å²) in [5.74, 6) is -1.16. The van der Waals surface area contributed by atoms with Crippen LogP contribution in [0.25, 0.3) is 11.4 Å². The number of carbonyl (C=O) groups excluding carboxylic acids is 1. The first-order valence-electron chi connectivity index (χ1n) is 8.49. The zero-order valence-electron chi connectivity index (χ0n) is 15.5. The van der Waals surface area contributed by atoms with Gasteiger partial charge in [-0.1, -0.05) is 11.6 Å². The van der Waals surface area contributed by atoms with Gasteiger partial charge in [-0.2, -0.15) is 26.3 Å². The summed E-state index contributed by atoms with van der Waals surface area (Å²) >= 11 is 6.04. The van der Waals surface area contributed by atoms with Crippen molar-refractivity contribution in [3.05, 3.63) is 54.2 Å². The summed E-state index contributed by atoms with van der Waals surface area (Å²) in [6.07, 6.45) is -5.54. The molecule has 0 spiro atoms. The van der Waals surface area contributed by atoms with Gasteiger partial charge in [0.25, 0.3) is 5.91 Å². The highest BCUT2D eigenvalue weighted by atomic mass is 35.5. The third-order valence-corrected chi connectivity index (χ3v) is 4.15. The summed E-state index contributed by atoms with van der Waals surface area (Å²) in [5, 5.41) is 10.7. The van der Waals surface area contributed by atoms with Crippen LogP contribution in [0, 0.1) is 0 Å². The first-order chi connectivity index (χ1) is 14.9. The van der Waals surface area contributed by atoms with Crippen molar-refractivity contribution < 1.29 is 31.1 Å². The maximum atomic E-state index is 13.0. The normalized spacial score (nSPS) is 13.5. The zero-order valence-corrected chi connectivity index (χ0v) is 16.3. The number of nitrogens with zero attached hydrogens (tertiary/aromatic N) is 7. The summed E-state index contributed by atoms with van der Waals surface area (Å²) in [5.41, 5.74) is -4.73. The van der Waals surface area contributed by atoms with Gasteiger partial charge < -0.3 is 0 Å². The molecule has 0 aliphatic rings. The van der Waals surface area contributed by atoms with Gasteiger partial charge in [0.1, 0.15) is 11.8 Å². The van der Waals surface area contributed by atoms with Crippen molar-refractivity contribution in [3.63, 3.8) is 0 Å². The Balaban J connectivity index is 1.80. The molecule has 3 aromatic rings. The molecule has 2 heterocycles. The molecule has 0 aliphatic carbocycles. The molecule has 1 amide bonds. The Morgan fingerprint density at radius 1 is 1.03 bits per heavy atom. The van der Waals surface area contributed by atoms with Gasteiger partial charge in [-0.05, 0) is 18.2 Å². The largest absolute Gasteiger partial charge is 0.416 e. The molecular formula is C17H10ClF6N7O. The smallest absolute Gasteiger partial charge is 0.271 e. The Kier molecular flexibility index (Phi) is 6.52. The molecule has 168 valence electrons. The van der Waals surface area contributed by atoms with E-state index in [4.69, 9.17) is 11.6 Å². The third kappa shape index (κ3) is 5.84. The van der Waals surface area contributed by atoms with E-state index in [9.17, 15) is 31.1 Å². The minimum Gasteiger partial charge on any atom is -0.271 e. The van der Waals surface area contributed by atoms with Crippen LogP contribution in [0.3, 0.4) is 0 Å². The lowest BCUT2D eigenvalue weighted by atomic mass is 10.0. The minimum atomic E-state index is -5.02. The van der Waals surface area contributed by atoms with Crippen LogP contribution < -0.4 is 0 Å². The van der Waals surface area contributed by atoms with Gasteiger partial charge >= 0.3 is 12.4 Å². The van der Waals surface area contributed by atoms with E-state index in [1.807, 2.05) is 0 Å². The molecule has 0 N–H and O–H groups in total. The van der Waals surface area contributed by atoms with E-state index >= 15 is 0 Å². The Hall–Kier alpha value is -3.42. The second kappa shape index (κ2) is 8.98. The molecule has 15 heteroatoms. The predicted molar refractivity (Wildman–Crippen MR) is 96.5 cm³/mol. The first-order valence-corrected chi connectivity index (χ1v) is 8.93. The lowest BCUT2D eigenvalue weighted by Crippen LogP contribution is -2.11. The second-order valence-electron chi connectivity index (χ2n) is 6.14. The number of aromatic nitrogens is 5. The lowest BCUT2D eigenvalue weighted by Gasteiger charge is -2.13. The number of hydrogen-bond acceptors (Lipinski definition) is 6. The maximum absolute atomic E-state index is 13.0. The van der Waals surface area contributed by atoms with Crippen molar-refractivity contribution in [1.29, 1.82) is 0 Å². The third-order valence-electron chi connectivity index (χ3n) is 3.80. The van der Waals surface area contributed by atoms with Gasteiger partial charge in [0.05, 0.1) is 23.7 Å². The molecule has 0 fully saturated rings. The number of alkyl halides is 7. The summed E-state index contributed by atoms with van der Waals surface area (Å²) in [6, 6.07) is 0.961. The van der Waals surface area contributed by atoms with E-state index in [1.54, 1.807) is 0 Å². The van der Waals surface area contributed by atoms with E-state index in [0.29, 0.717) is 12.1 Å². The van der Waals surface area contributed by atoms with Crippen molar-refractivity contribution in [1.82, 2.24) is 24.7 Å². The van der Waals surface area contributed by atoms with Crippen molar-refractivity contribution in [3.8, 4) is 11.4 Å². The summed E-state index contributed by atoms with van der Waals surface area (Å²) in [6.45, 7) is 0. The molecule has 0 saturated carbocycles. The number of amides is 1. The molecule has 0 radical (unpaired) electrons. The molecular weight excluding hydrogens is 468 g/mol. The highest BCUT2D eigenvalue weighted by Gasteiger charge is 2.37. The standard InChI is InChI=1S/C17H10ClF6N7O/c18-12(6-14(32)29-28-13-7-25-1-2-26-13)31-8-27-15(30-31)9-3-10(16(19,20)21)5-11(4-9)17(22,23)24/h1-5,7-8,12H,6H2. The van der Waals surface area contributed by atoms with Crippen LogP contribution in [0.4, 0.5) is 32.2 Å². The van der Waals surface area contributed by atoms with E-state index in [1.165, 1.54) is 18.6 Å². The number of azo groups is 1. The van der Waals surface area contributed by atoms with E-state index in [2.05, 4.69) is 30.3 Å². The molecule has 1 atom stereocenters. The van der Waals surface area contributed by atoms with E-state index in [-0.39, 0.29) is 11.9 Å². The number of rotatable bonds is 5. The molecule has 3 rings (SSSR count). The van der Waals surface area contributed by atoms with Crippen LogP contribution in [0.15, 0.2) is 53.3 Å². The number of halogens is 7. The molecule has 1 unspecified atom stereocenters. The zero-order chi connectivity index (χ0) is 23.5. The average Bonchev–Trinajstić information content (AvgIpc) is 3.22. The molecule has 0 bridgehead atoms. The lowest BCUT2D eigenvalue weighted by molar-refractivity contribution is -0.143. The average molecular weight is 478 g/mol. The van der Waals surface area contributed by atoms with Crippen molar-refractivity contribution >= 4 is 23.3 Å². The van der Waals surface area contributed by atoms with Crippen LogP contribution in [0.5, 0.6) is 0 Å². The number of carbonyl (C=O) groups is 1. The molecule has 2 aromatic heterocycles. The van der Waals surface area contributed by atoms with Crippen molar-refractivity contribution in [2.24, 2.45) is 10.2 Å². The fourth-order valence-corrected chi connectivity index (χ4v) is 2.58. The van der Waals surface area contributed by atoms with Gasteiger partial charge in [-0.25, -0.2) is 14.6 Å². The fraction of sp³-hybridized carbons (Fsp3) is 0.235. The number of benzene rings is 1. The Morgan fingerprint density at radius 2 is 1.69 bits per heavy atom. The molecule has 0 saturated heterocycles. The quantitative estimate of drug-likeness (QED) is 0.285. The SMILES string of the molecule is O=C(CC(Cl)n1cnc(-c2cc(C(F)(F)F)cc(C(F)(F)F)c2)n1)N=Nc1cnccn1. The highest BCUT2D eigenvalue weighted by molar-refractivity contribution is 6.20. The van der Waals surface area contributed by atoms with Crippen LogP contribution in [0.2, 0.25) is 0 Å². The Bertz CT molecular complexity index is 1100. The van der Waals surface area contributed by atoms with E-state index in [0.717, 1.165) is 11.0 Å². The Labute approximate surface area is 180 Å². The van der Waals surface area contributed by atoms with Gasteiger partial charge in [0.2, 0.25) is 0 Å². The van der Waals surface area contributed by atoms with Gasteiger partial charge in [0, 0.05) is 18.0 Å². The first kappa shape index (κ1) is 23.2. The van der Waals surface area contributed by atoms with Gasteiger partial charge in [-0.15, -0.1) is 15.3 Å². The maximum Gasteiger partial charge on any atom is 0.416 e. The van der Waals surface area contributed by atoms with E-state index < -0.39 is 52.7 Å². The highest BCUT2D eigenvalue weighted by Crippen LogP contribution is 2.38. The molecule has 1 aromatic carbocycles. The van der Waals surface area contributed by atoms with Crippen LogP contribution >= 0.6 is 11.6 Å². The van der Waals surface area contributed by atoms with Gasteiger partial charge in [0.15, 0.2) is 11.6 Å². The number of hydrogen-bond donors (Lipinski definition) is 0. The van der Waals surface area contributed by atoms with Crippen LogP contribution in [0.1, 0.15) is 23.0 Å². The van der Waals surface area contributed by atoms with Crippen molar-refractivity contribution in [2.45, 2.75) is 24.3 Å². The van der Waals surface area contributed by atoms with Crippen molar-refractivity contribution in [2.75, 3.05) is 0 Å². The van der Waals surface area contributed by atoms with Crippen LogP contribution in [-0.2, 0) is 17.1 Å². The fourth-order valence-electron chi connectivity index (χ4n) is 2.35. The molecule has 32 heavy (non-hydrogen) atoms. The topological polar surface area (TPSA) is 98.3 Å². The Morgan fingerprint density at radius 3 is 2.25 bits per heavy atom. The molecule has 8 nitrogen and oxygen atoms in total. The van der Waals surface area contributed by atoms with Crippen LogP contribution in [-0.4, -0.2) is 30.6 Å². The molecule has 0 aliphatic heterocycles. The van der Waals surface area contributed by atoms with Gasteiger partial charge in [-0.3, -0.25) is 9.78 Å². The second-order valence-corrected chi connectivity index (χ2v) is 6.64.